The maximum absolute atomic E-state index is 12.5. The molecule has 140 valence electrons. The topological polar surface area (TPSA) is 51.9 Å². The number of carbonyl (C=O) groups excluding carboxylic acids is 1. The van der Waals surface area contributed by atoms with E-state index in [9.17, 15) is 4.79 Å². The highest BCUT2D eigenvalue weighted by Gasteiger charge is 2.22. The number of likely N-dealkylation sites (N-methyl/N-ethyl adjacent to an activating group) is 1. The normalized spacial score (nSPS) is 19.5. The van der Waals surface area contributed by atoms with E-state index in [1.807, 2.05) is 30.0 Å². The zero-order chi connectivity index (χ0) is 17.9. The molecule has 2 aromatic rings. The fraction of sp³-hybridized carbons (Fsp3) is 0.571. The van der Waals surface area contributed by atoms with E-state index >= 15 is 0 Å². The second-order valence-corrected chi connectivity index (χ2v) is 7.22. The molecule has 2 heterocycles. The van der Waals surface area contributed by atoms with Crippen molar-refractivity contribution in [1.82, 2.24) is 4.90 Å². The van der Waals surface area contributed by atoms with Gasteiger partial charge in [-0.1, -0.05) is 0 Å². The molecule has 0 bridgehead atoms. The number of furan rings is 1. The lowest BCUT2D eigenvalue weighted by atomic mass is 9.96. The second-order valence-electron chi connectivity index (χ2n) is 7.22. The summed E-state index contributed by atoms with van der Waals surface area (Å²) < 4.78 is 17.4. The summed E-state index contributed by atoms with van der Waals surface area (Å²) in [5.41, 5.74) is 2.24. The largest absolute Gasteiger partial charge is 0.484 e. The van der Waals surface area contributed by atoms with Crippen LogP contribution in [-0.4, -0.2) is 43.2 Å². The zero-order valence-corrected chi connectivity index (χ0v) is 15.5. The monoisotopic (exact) mass is 357 g/mol. The van der Waals surface area contributed by atoms with Gasteiger partial charge in [-0.2, -0.15) is 0 Å². The first-order chi connectivity index (χ1) is 12.7. The Morgan fingerprint density at radius 2 is 2.15 bits per heavy atom. The first-order valence-electron chi connectivity index (χ1n) is 9.81. The van der Waals surface area contributed by atoms with Crippen LogP contribution in [-0.2, 0) is 22.4 Å². The van der Waals surface area contributed by atoms with E-state index in [4.69, 9.17) is 13.9 Å². The first-order valence-corrected chi connectivity index (χ1v) is 9.81. The molecule has 1 aromatic carbocycles. The van der Waals surface area contributed by atoms with Gasteiger partial charge >= 0.3 is 0 Å². The Balaban J connectivity index is 1.41. The van der Waals surface area contributed by atoms with Crippen LogP contribution in [0.2, 0.25) is 0 Å². The molecule has 1 atom stereocenters. The third-order valence-electron chi connectivity index (χ3n) is 5.47. The van der Waals surface area contributed by atoms with Crippen molar-refractivity contribution in [2.24, 2.45) is 0 Å². The first kappa shape index (κ1) is 17.4. The molecule has 1 saturated heterocycles. The Hall–Kier alpha value is -2.01. The van der Waals surface area contributed by atoms with E-state index in [0.29, 0.717) is 13.1 Å². The van der Waals surface area contributed by atoms with Gasteiger partial charge in [0, 0.05) is 37.1 Å². The van der Waals surface area contributed by atoms with E-state index < -0.39 is 0 Å². The lowest BCUT2D eigenvalue weighted by molar-refractivity contribution is -0.134. The van der Waals surface area contributed by atoms with Gasteiger partial charge in [-0.15, -0.1) is 0 Å². The number of aryl methyl sites for hydroxylation is 2. The van der Waals surface area contributed by atoms with Crippen molar-refractivity contribution in [3.05, 3.63) is 29.5 Å². The molecule has 1 amide bonds. The molecular formula is C21H27NO4. The van der Waals surface area contributed by atoms with Crippen molar-refractivity contribution in [3.63, 3.8) is 0 Å². The molecule has 1 aromatic heterocycles. The molecule has 0 saturated carbocycles. The molecule has 1 unspecified atom stereocenters. The molecule has 0 radical (unpaired) electrons. The summed E-state index contributed by atoms with van der Waals surface area (Å²) in [6, 6.07) is 5.87. The molecule has 0 spiro atoms. The van der Waals surface area contributed by atoms with Gasteiger partial charge in [-0.05, 0) is 57.2 Å². The fourth-order valence-electron chi connectivity index (χ4n) is 4.01. The average Bonchev–Trinajstić information content (AvgIpc) is 3.31. The standard InChI is InChI=1S/C21H27NO4/c1-2-22(13-16-6-5-11-24-16)21(23)14-25-15-9-10-20-18(12-15)17-7-3-4-8-19(17)26-20/h9-10,12,16H,2-8,11,13-14H2,1H3. The lowest BCUT2D eigenvalue weighted by Crippen LogP contribution is -2.39. The molecule has 26 heavy (non-hydrogen) atoms. The molecule has 2 aliphatic rings. The summed E-state index contributed by atoms with van der Waals surface area (Å²) >= 11 is 0. The van der Waals surface area contributed by atoms with Crippen molar-refractivity contribution in [2.45, 2.75) is 51.6 Å². The molecule has 1 aliphatic heterocycles. The number of hydrogen-bond donors (Lipinski definition) is 0. The number of carbonyl (C=O) groups is 1. The maximum Gasteiger partial charge on any atom is 0.260 e. The van der Waals surface area contributed by atoms with E-state index in [0.717, 1.165) is 54.8 Å². The van der Waals surface area contributed by atoms with E-state index in [1.54, 1.807) is 0 Å². The summed E-state index contributed by atoms with van der Waals surface area (Å²) in [6.45, 7) is 4.20. The second kappa shape index (κ2) is 7.70. The van der Waals surface area contributed by atoms with Crippen molar-refractivity contribution in [2.75, 3.05) is 26.3 Å². The predicted molar refractivity (Wildman–Crippen MR) is 99.6 cm³/mol. The van der Waals surface area contributed by atoms with Crippen LogP contribution in [0, 0.1) is 0 Å². The molecule has 1 fully saturated rings. The Labute approximate surface area is 154 Å². The quantitative estimate of drug-likeness (QED) is 0.791. The van der Waals surface area contributed by atoms with Crippen LogP contribution >= 0.6 is 0 Å². The Morgan fingerprint density at radius 1 is 1.27 bits per heavy atom. The molecular weight excluding hydrogens is 330 g/mol. The minimum absolute atomic E-state index is 0.0114. The van der Waals surface area contributed by atoms with Gasteiger partial charge in [0.25, 0.3) is 5.91 Å². The third kappa shape index (κ3) is 3.58. The lowest BCUT2D eigenvalue weighted by Gasteiger charge is -2.24. The van der Waals surface area contributed by atoms with E-state index in [-0.39, 0.29) is 18.6 Å². The van der Waals surface area contributed by atoms with Gasteiger partial charge < -0.3 is 18.8 Å². The van der Waals surface area contributed by atoms with Crippen molar-refractivity contribution >= 4 is 16.9 Å². The van der Waals surface area contributed by atoms with Crippen LogP contribution in [0.5, 0.6) is 5.75 Å². The van der Waals surface area contributed by atoms with Gasteiger partial charge in [0.05, 0.1) is 6.10 Å². The van der Waals surface area contributed by atoms with Gasteiger partial charge in [0.2, 0.25) is 0 Å². The highest BCUT2D eigenvalue weighted by molar-refractivity contribution is 5.84. The van der Waals surface area contributed by atoms with Crippen molar-refractivity contribution in [1.29, 1.82) is 0 Å². The minimum Gasteiger partial charge on any atom is -0.484 e. The molecule has 5 nitrogen and oxygen atoms in total. The van der Waals surface area contributed by atoms with Gasteiger partial charge in [-0.3, -0.25) is 4.79 Å². The number of ether oxygens (including phenoxy) is 2. The minimum atomic E-state index is 0.0114. The van der Waals surface area contributed by atoms with Crippen molar-refractivity contribution in [3.8, 4) is 5.75 Å². The summed E-state index contributed by atoms with van der Waals surface area (Å²) in [5, 5.41) is 1.14. The van der Waals surface area contributed by atoms with Crippen LogP contribution in [0.3, 0.4) is 0 Å². The van der Waals surface area contributed by atoms with Gasteiger partial charge in [0.1, 0.15) is 17.1 Å². The van der Waals surface area contributed by atoms with Crippen LogP contribution in [0.15, 0.2) is 22.6 Å². The van der Waals surface area contributed by atoms with E-state index in [2.05, 4.69) is 0 Å². The van der Waals surface area contributed by atoms with Gasteiger partial charge in [0.15, 0.2) is 6.61 Å². The smallest absolute Gasteiger partial charge is 0.260 e. The molecule has 1 aliphatic carbocycles. The summed E-state index contributed by atoms with van der Waals surface area (Å²) in [7, 11) is 0. The Kier molecular flexibility index (Phi) is 5.16. The number of amides is 1. The van der Waals surface area contributed by atoms with Gasteiger partial charge in [-0.25, -0.2) is 0 Å². The SMILES string of the molecule is CCN(CC1CCCO1)C(=O)COc1ccc2oc3c(c2c1)CCCC3. The van der Waals surface area contributed by atoms with Crippen molar-refractivity contribution < 1.29 is 18.7 Å². The fourth-order valence-corrected chi connectivity index (χ4v) is 4.01. The highest BCUT2D eigenvalue weighted by atomic mass is 16.5. The Bertz CT molecular complexity index is 776. The summed E-state index contributed by atoms with van der Waals surface area (Å²) in [4.78, 5) is 14.3. The van der Waals surface area contributed by atoms with Crippen LogP contribution < -0.4 is 4.74 Å². The third-order valence-corrected chi connectivity index (χ3v) is 5.47. The number of benzene rings is 1. The average molecular weight is 357 g/mol. The Morgan fingerprint density at radius 3 is 2.96 bits per heavy atom. The zero-order valence-electron chi connectivity index (χ0n) is 15.5. The number of fused-ring (bicyclic) bond motifs is 3. The molecule has 0 N–H and O–H groups in total. The number of hydrogen-bond acceptors (Lipinski definition) is 4. The van der Waals surface area contributed by atoms with Crippen LogP contribution in [0.25, 0.3) is 11.0 Å². The molecule has 5 heteroatoms. The predicted octanol–water partition coefficient (Wildman–Crippen LogP) is 3.72. The van der Waals surface area contributed by atoms with E-state index in [1.165, 1.54) is 18.4 Å². The maximum atomic E-state index is 12.5. The number of rotatable bonds is 6. The highest BCUT2D eigenvalue weighted by Crippen LogP contribution is 2.33. The summed E-state index contributed by atoms with van der Waals surface area (Å²) in [6.07, 6.45) is 6.79. The summed E-state index contributed by atoms with van der Waals surface area (Å²) in [5.74, 6) is 1.86. The number of nitrogens with zero attached hydrogens (tertiary/aromatic N) is 1. The van der Waals surface area contributed by atoms with Crippen LogP contribution in [0.1, 0.15) is 43.9 Å². The van der Waals surface area contributed by atoms with Crippen LogP contribution in [0.4, 0.5) is 0 Å². The molecule has 4 rings (SSSR count).